The largest absolute Gasteiger partial charge is 0.396 e. The van der Waals surface area contributed by atoms with E-state index in [0.29, 0.717) is 17.0 Å². The lowest BCUT2D eigenvalue weighted by molar-refractivity contribution is 0.418. The molecule has 0 saturated heterocycles. The average Bonchev–Trinajstić information content (AvgIpc) is 3.18. The van der Waals surface area contributed by atoms with Crippen molar-refractivity contribution < 1.29 is 8.91 Å². The molecule has 2 heterocycles. The highest BCUT2D eigenvalue weighted by Crippen LogP contribution is 2.20. The van der Waals surface area contributed by atoms with E-state index in [1.54, 1.807) is 24.3 Å². The number of rotatable bonds is 5. The first kappa shape index (κ1) is 17.9. The van der Waals surface area contributed by atoms with Gasteiger partial charge in [0.2, 0.25) is 0 Å². The van der Waals surface area contributed by atoms with Gasteiger partial charge in [-0.25, -0.2) is 14.4 Å². The molecule has 0 aliphatic heterocycles. The van der Waals surface area contributed by atoms with Crippen LogP contribution in [0, 0.1) is 5.82 Å². The molecular weight excluding hydrogens is 351 g/mol. The number of nitrogen functional groups attached to an aromatic ring is 3. The quantitative estimate of drug-likeness (QED) is 0.489. The normalized spacial score (nSPS) is 12.3. The van der Waals surface area contributed by atoms with Crippen molar-refractivity contribution in [2.45, 2.75) is 6.54 Å². The fourth-order valence-electron chi connectivity index (χ4n) is 2.19. The van der Waals surface area contributed by atoms with Crippen molar-refractivity contribution >= 4 is 28.7 Å². The molecule has 0 bridgehead atoms. The highest BCUT2D eigenvalue weighted by atomic mass is 19.1. The van der Waals surface area contributed by atoms with Crippen molar-refractivity contribution in [1.29, 1.82) is 0 Å². The van der Waals surface area contributed by atoms with Crippen molar-refractivity contribution in [1.82, 2.24) is 15.1 Å². The molecule has 138 valence electrons. The van der Waals surface area contributed by atoms with Crippen LogP contribution in [-0.2, 0) is 6.54 Å². The zero-order chi connectivity index (χ0) is 19.4. The third kappa shape index (κ3) is 4.00. The van der Waals surface area contributed by atoms with Crippen LogP contribution in [0.15, 0.2) is 52.2 Å². The molecule has 0 spiro atoms. The van der Waals surface area contributed by atoms with Crippen LogP contribution < -0.4 is 22.9 Å². The summed E-state index contributed by atoms with van der Waals surface area (Å²) in [6, 6.07) is 7.92. The molecule has 27 heavy (non-hydrogen) atoms. The summed E-state index contributed by atoms with van der Waals surface area (Å²) in [5.41, 5.74) is 24.5. The monoisotopic (exact) mass is 368 g/mol. The van der Waals surface area contributed by atoms with Gasteiger partial charge in [0.1, 0.15) is 23.5 Å². The molecule has 0 aliphatic rings. The van der Waals surface area contributed by atoms with E-state index in [-0.39, 0.29) is 41.2 Å². The molecule has 0 saturated carbocycles. The Morgan fingerprint density at radius 3 is 2.44 bits per heavy atom. The minimum Gasteiger partial charge on any atom is -0.396 e. The van der Waals surface area contributed by atoms with Gasteiger partial charge in [-0.1, -0.05) is 23.4 Å². The first-order valence-electron chi connectivity index (χ1n) is 7.80. The first-order valence-corrected chi connectivity index (χ1v) is 7.80. The van der Waals surface area contributed by atoms with E-state index in [1.807, 2.05) is 0 Å². The molecule has 0 amide bonds. The van der Waals surface area contributed by atoms with Crippen LogP contribution in [0.1, 0.15) is 17.1 Å². The Morgan fingerprint density at radius 1 is 1.11 bits per heavy atom. The number of aliphatic imine (C=N–C) groups is 1. The smallest absolute Gasteiger partial charge is 0.179 e. The molecule has 0 unspecified atom stereocenters. The third-order valence-electron chi connectivity index (χ3n) is 3.63. The lowest BCUT2D eigenvalue weighted by Gasteiger charge is -2.07. The summed E-state index contributed by atoms with van der Waals surface area (Å²) < 4.78 is 18.7. The predicted molar refractivity (Wildman–Crippen MR) is 101 cm³/mol. The highest BCUT2D eigenvalue weighted by molar-refractivity contribution is 6.10. The maximum atomic E-state index is 13.8. The summed E-state index contributed by atoms with van der Waals surface area (Å²) >= 11 is 0. The fraction of sp³-hybridized carbons (Fsp3) is 0.0588. The summed E-state index contributed by atoms with van der Waals surface area (Å²) in [6.45, 7) is 0.0749. The number of benzene rings is 1. The van der Waals surface area contributed by atoms with Crippen LogP contribution in [0.25, 0.3) is 5.70 Å². The lowest BCUT2D eigenvalue weighted by Crippen LogP contribution is -2.12. The molecule has 8 N–H and O–H groups in total. The standard InChI is InChI=1S/C17H17FN8O/c18-10-4-2-1-3-9(10)8-23-13(12-5-6-27-26-12)7-11(19)17-24-15(21)14(20)16(22)25-17/h1-7H,8,19-20H2,(H4,21,22,24,25). The van der Waals surface area contributed by atoms with Gasteiger partial charge in [-0.15, -0.1) is 0 Å². The molecule has 0 aliphatic carbocycles. The molecule has 2 aromatic heterocycles. The van der Waals surface area contributed by atoms with Gasteiger partial charge in [0.25, 0.3) is 0 Å². The molecule has 0 fully saturated rings. The van der Waals surface area contributed by atoms with Gasteiger partial charge >= 0.3 is 0 Å². The molecule has 10 heteroatoms. The Balaban J connectivity index is 1.98. The molecule has 3 rings (SSSR count). The van der Waals surface area contributed by atoms with Gasteiger partial charge in [-0.2, -0.15) is 0 Å². The Kier molecular flexibility index (Phi) is 4.97. The fourth-order valence-corrected chi connectivity index (χ4v) is 2.19. The molecule has 0 atom stereocenters. The number of hydrogen-bond acceptors (Lipinski definition) is 9. The van der Waals surface area contributed by atoms with Crippen LogP contribution in [0.4, 0.5) is 21.7 Å². The zero-order valence-corrected chi connectivity index (χ0v) is 14.1. The molecule has 1 aromatic carbocycles. The maximum absolute atomic E-state index is 13.8. The predicted octanol–water partition coefficient (Wildman–Crippen LogP) is 1.34. The Morgan fingerprint density at radius 2 is 1.81 bits per heavy atom. The summed E-state index contributed by atoms with van der Waals surface area (Å²) in [6.07, 6.45) is 2.86. The summed E-state index contributed by atoms with van der Waals surface area (Å²) in [7, 11) is 0. The lowest BCUT2D eigenvalue weighted by atomic mass is 10.2. The Hall–Kier alpha value is -3.95. The van der Waals surface area contributed by atoms with Gasteiger partial charge in [-0.05, 0) is 12.1 Å². The summed E-state index contributed by atoms with van der Waals surface area (Å²) in [5, 5.41) is 3.84. The van der Waals surface area contributed by atoms with E-state index >= 15 is 0 Å². The molecule has 3 aromatic rings. The van der Waals surface area contributed by atoms with Gasteiger partial charge < -0.3 is 27.5 Å². The summed E-state index contributed by atoms with van der Waals surface area (Å²) in [5.74, 6) is -0.248. The first-order chi connectivity index (χ1) is 13.0. The Labute approximate surface area is 153 Å². The van der Waals surface area contributed by atoms with Crippen LogP contribution in [0.2, 0.25) is 0 Å². The number of nitrogens with two attached hydrogens (primary N) is 4. The van der Waals surface area contributed by atoms with Gasteiger partial charge in [0, 0.05) is 11.6 Å². The van der Waals surface area contributed by atoms with E-state index < -0.39 is 0 Å². The van der Waals surface area contributed by atoms with E-state index in [9.17, 15) is 4.39 Å². The maximum Gasteiger partial charge on any atom is 0.179 e. The van der Waals surface area contributed by atoms with E-state index in [4.69, 9.17) is 27.5 Å². The Bertz CT molecular complexity index is 991. The highest BCUT2D eigenvalue weighted by Gasteiger charge is 2.12. The van der Waals surface area contributed by atoms with E-state index in [0.717, 1.165) is 0 Å². The van der Waals surface area contributed by atoms with Crippen LogP contribution in [0.5, 0.6) is 0 Å². The van der Waals surface area contributed by atoms with E-state index in [1.165, 1.54) is 18.4 Å². The second kappa shape index (κ2) is 7.52. The van der Waals surface area contributed by atoms with Crippen molar-refractivity contribution in [3.05, 3.63) is 65.6 Å². The van der Waals surface area contributed by atoms with E-state index in [2.05, 4.69) is 20.1 Å². The third-order valence-corrected chi connectivity index (χ3v) is 3.63. The van der Waals surface area contributed by atoms with Crippen molar-refractivity contribution in [2.75, 3.05) is 17.2 Å². The average molecular weight is 368 g/mol. The molecule has 9 nitrogen and oxygen atoms in total. The molecular formula is C17H17FN8O. The topological polar surface area (TPSA) is 168 Å². The van der Waals surface area contributed by atoms with Crippen LogP contribution in [-0.4, -0.2) is 20.8 Å². The second-order valence-corrected chi connectivity index (χ2v) is 5.51. The van der Waals surface area contributed by atoms with Crippen molar-refractivity contribution in [3.63, 3.8) is 0 Å². The second-order valence-electron chi connectivity index (χ2n) is 5.51. The van der Waals surface area contributed by atoms with Gasteiger partial charge in [0.15, 0.2) is 17.5 Å². The number of nitrogens with zero attached hydrogens (tertiary/aromatic N) is 4. The summed E-state index contributed by atoms with van der Waals surface area (Å²) in [4.78, 5) is 12.4. The van der Waals surface area contributed by atoms with Crippen molar-refractivity contribution in [2.24, 2.45) is 10.7 Å². The van der Waals surface area contributed by atoms with Crippen molar-refractivity contribution in [3.8, 4) is 0 Å². The number of aromatic nitrogens is 3. The minimum absolute atomic E-state index is 0.0140. The van der Waals surface area contributed by atoms with Gasteiger partial charge in [0.05, 0.1) is 18.0 Å². The van der Waals surface area contributed by atoms with Gasteiger partial charge in [-0.3, -0.25) is 4.99 Å². The number of allylic oxidation sites excluding steroid dienone is 1. The minimum atomic E-state index is -0.361. The zero-order valence-electron chi connectivity index (χ0n) is 14.1. The van der Waals surface area contributed by atoms with Crippen LogP contribution >= 0.6 is 0 Å². The molecule has 0 radical (unpaired) electrons. The van der Waals surface area contributed by atoms with Crippen LogP contribution in [0.3, 0.4) is 0 Å². The number of halogens is 1. The number of anilines is 3. The SMILES string of the molecule is NC(=CC(=NCc1ccccc1F)c1ccon1)c1nc(N)c(N)c(N)n1. The number of hydrogen-bond donors (Lipinski definition) is 4.